The number of nitrogens with one attached hydrogen (secondary N) is 8. The molecule has 0 aromatic heterocycles. The molecule has 0 aromatic rings. The lowest BCUT2D eigenvalue weighted by Crippen LogP contribution is -2.59. The normalized spacial score (nSPS) is 30.9. The maximum atomic E-state index is 14.0. The van der Waals surface area contributed by atoms with Gasteiger partial charge in [0, 0.05) is 78.0 Å². The van der Waals surface area contributed by atoms with Crippen LogP contribution in [0.5, 0.6) is 0 Å². The summed E-state index contributed by atoms with van der Waals surface area (Å²) in [4.78, 5) is 118. The van der Waals surface area contributed by atoms with E-state index < -0.39 is 228 Å². The first-order valence-corrected chi connectivity index (χ1v) is 40.6. The van der Waals surface area contributed by atoms with Crippen molar-refractivity contribution in [2.75, 3.05) is 138 Å². The van der Waals surface area contributed by atoms with Crippen LogP contribution in [0.1, 0.15) is 111 Å². The SMILES string of the molecule is CCNC(=O)CCCCC(=O)CCCCC[C@@H](C(=O)NCCOC1O[C@H](CO)[C@@H](O)[C@H](O)[C@@H]1O)N(CC(=O)NCCOC1O[C@H](CO)[C@@H](O)[C@H](O)[C@@H]1O)CC(=O)NCCOC1O[C@H](CO)[C@@H](O)[C@H](O)[C@@H]1O.CCNC(=O)CCCCCNC(=O)CN(CC(=O)NCCO[C@@H]1O[C@@H](C)[C@@H](O)[C@@H](O)[C@@H]1O)CC(=O)NCCO[C@@H]1O[C@@H](C)[C@@H](O)[C@@H](O)[C@@H]1O. The Morgan fingerprint density at radius 2 is 0.592 bits per heavy atom. The second-order valence-electron chi connectivity index (χ2n) is 29.5. The zero-order valence-electron chi connectivity index (χ0n) is 68.3. The van der Waals surface area contributed by atoms with Crippen LogP contribution in [0.25, 0.3) is 0 Å². The zero-order chi connectivity index (χ0) is 89.1. The summed E-state index contributed by atoms with van der Waals surface area (Å²) in [7, 11) is 0. The number of ketones is 1. The predicted molar refractivity (Wildman–Crippen MR) is 408 cm³/mol. The number of carbonyl (C=O) groups excluding carboxylic acids is 9. The molecule has 0 aromatic carbocycles. The van der Waals surface area contributed by atoms with Crippen LogP contribution >= 0.6 is 0 Å². The Morgan fingerprint density at radius 3 is 0.933 bits per heavy atom. The number of aliphatic hydroxyl groups is 18. The van der Waals surface area contributed by atoms with Crippen molar-refractivity contribution in [3.05, 3.63) is 0 Å². The third kappa shape index (κ3) is 37.2. The number of carbonyl (C=O) groups is 9. The van der Waals surface area contributed by atoms with Gasteiger partial charge < -0.3 is 182 Å². The summed E-state index contributed by atoms with van der Waals surface area (Å²) < 4.78 is 53.9. The maximum absolute atomic E-state index is 14.0. The zero-order valence-corrected chi connectivity index (χ0v) is 68.3. The number of amides is 8. The van der Waals surface area contributed by atoms with Gasteiger partial charge in [-0.25, -0.2) is 0 Å². The highest BCUT2D eigenvalue weighted by molar-refractivity contribution is 5.86. The van der Waals surface area contributed by atoms with E-state index in [1.165, 1.54) is 23.6 Å². The highest BCUT2D eigenvalue weighted by Gasteiger charge is 2.48. The van der Waals surface area contributed by atoms with E-state index in [2.05, 4.69) is 42.5 Å². The van der Waals surface area contributed by atoms with Gasteiger partial charge in [0.15, 0.2) is 31.5 Å². The molecule has 0 bridgehead atoms. The van der Waals surface area contributed by atoms with Gasteiger partial charge in [0.25, 0.3) is 0 Å². The minimum atomic E-state index is -1.72. The van der Waals surface area contributed by atoms with Crippen molar-refractivity contribution in [2.45, 2.75) is 271 Å². The highest BCUT2D eigenvalue weighted by atomic mass is 16.7. The monoisotopic (exact) mass is 1740 g/mol. The first-order chi connectivity index (χ1) is 57.1. The van der Waals surface area contributed by atoms with E-state index in [1.54, 1.807) is 0 Å². The molecule has 0 spiro atoms. The number of ether oxygens (including phenoxy) is 10. The van der Waals surface area contributed by atoms with E-state index in [-0.39, 0.29) is 122 Å². The molecular weight excluding hydrogens is 1610 g/mol. The summed E-state index contributed by atoms with van der Waals surface area (Å²) in [6.07, 6.45) is -30.3. The van der Waals surface area contributed by atoms with Crippen molar-refractivity contribution >= 4 is 53.0 Å². The Balaban J connectivity index is 0.000000540. The standard InChI is InChI=1S/C43H77N5O23.C30H55N5O14/c1-2-44-28(53)11-7-6-9-23(52)8-4-3-5-10-24(40(65)47-14-17-68-43-39(64)36(61)33(58)27(22-51)71-43)48(18-29(54)45-12-15-66-41-37(62)34(59)31(56)25(20-49)69-41)19-30(55)46-13-16-67-42-38(63)35(60)32(57)26(21-50)70-42;1-4-31-19(36)8-6-5-7-9-32-20(37)14-35(15-21(38)33-10-12-46-29-27(44)25(42)23(40)17(2)48-29)16-22(39)34-11-13-47-30-28(45)26(43)24(41)18(3)49-30/h24-27,31-39,41-43,49-51,56-64H,2-22H2,1H3,(H,44,53)(H,45,54)(H,46,55)(H,47,65);17-18,23-30,40-45H,4-16H2,1-3H3,(H,31,36)(H,32,37)(H,33,38)(H,34,39)/t24-,25+,26+,27+,31+,32+,33+,34-,35-,36-,37-,38-,39-,41?,42?,43?;17-,18-,23+,24+,25+,26+,27-,28-,29+,30+/m00/s1. The molecule has 47 heteroatoms. The van der Waals surface area contributed by atoms with Crippen molar-refractivity contribution in [2.24, 2.45) is 0 Å². The third-order valence-electron chi connectivity index (χ3n) is 19.9. The lowest BCUT2D eigenvalue weighted by molar-refractivity contribution is -0.300. The average Bonchev–Trinajstić information content (AvgIpc) is 0.835. The molecule has 5 heterocycles. The minimum absolute atomic E-state index is 0.00407. The van der Waals surface area contributed by atoms with Gasteiger partial charge in [-0.15, -0.1) is 0 Å². The second-order valence-corrected chi connectivity index (χ2v) is 29.5. The summed E-state index contributed by atoms with van der Waals surface area (Å²) in [5.74, 6) is -3.75. The van der Waals surface area contributed by atoms with E-state index in [0.29, 0.717) is 77.4 Å². The first-order valence-electron chi connectivity index (χ1n) is 40.6. The summed E-state index contributed by atoms with van der Waals surface area (Å²) in [5, 5.41) is 201. The van der Waals surface area contributed by atoms with Gasteiger partial charge in [-0.1, -0.05) is 19.3 Å². The predicted octanol–water partition coefficient (Wildman–Crippen LogP) is -13.3. The quantitative estimate of drug-likeness (QED) is 0.0251. The van der Waals surface area contributed by atoms with Crippen LogP contribution < -0.4 is 42.5 Å². The summed E-state index contributed by atoms with van der Waals surface area (Å²) in [6, 6.07) is -1.21. The van der Waals surface area contributed by atoms with Crippen molar-refractivity contribution < 1.29 is 182 Å². The van der Waals surface area contributed by atoms with Gasteiger partial charge in [0.05, 0.1) is 104 Å². The van der Waals surface area contributed by atoms with Crippen LogP contribution in [0.2, 0.25) is 0 Å². The van der Waals surface area contributed by atoms with Gasteiger partial charge in [-0.3, -0.25) is 53.0 Å². The van der Waals surface area contributed by atoms with E-state index in [0.717, 1.165) is 6.42 Å². The number of nitrogens with zero attached hydrogens (tertiary/aromatic N) is 2. The lowest BCUT2D eigenvalue weighted by atomic mass is 9.99. The fourth-order valence-electron chi connectivity index (χ4n) is 13.0. The Morgan fingerprint density at radius 1 is 0.308 bits per heavy atom. The van der Waals surface area contributed by atoms with Gasteiger partial charge >= 0.3 is 0 Å². The van der Waals surface area contributed by atoms with Gasteiger partial charge in [0.2, 0.25) is 47.3 Å². The minimum Gasteiger partial charge on any atom is -0.394 e. The van der Waals surface area contributed by atoms with Crippen LogP contribution in [-0.2, 0) is 90.5 Å². The second kappa shape index (κ2) is 57.7. The van der Waals surface area contributed by atoms with Crippen molar-refractivity contribution in [3.8, 4) is 0 Å². The van der Waals surface area contributed by atoms with Crippen molar-refractivity contribution in [1.29, 1.82) is 0 Å². The van der Waals surface area contributed by atoms with Gasteiger partial charge in [-0.2, -0.15) is 0 Å². The Hall–Kier alpha value is -5.77. The highest BCUT2D eigenvalue weighted by Crippen LogP contribution is 2.27. The Labute approximate surface area is 694 Å². The van der Waals surface area contributed by atoms with Gasteiger partial charge in [0.1, 0.15) is 116 Å². The first kappa shape index (κ1) is 107. The summed E-state index contributed by atoms with van der Waals surface area (Å²) in [6.45, 7) is 1.93. The maximum Gasteiger partial charge on any atom is 0.237 e. The van der Waals surface area contributed by atoms with Crippen molar-refractivity contribution in [3.63, 3.8) is 0 Å². The van der Waals surface area contributed by atoms with Crippen LogP contribution in [0, 0.1) is 0 Å². The fourth-order valence-corrected chi connectivity index (χ4v) is 13.0. The molecule has 26 atom stereocenters. The third-order valence-corrected chi connectivity index (χ3v) is 19.9. The lowest BCUT2D eigenvalue weighted by Gasteiger charge is -2.39. The van der Waals surface area contributed by atoms with Crippen LogP contribution in [0.3, 0.4) is 0 Å². The molecule has 26 N–H and O–H groups in total. The fraction of sp³-hybridized carbons (Fsp3) is 0.877. The van der Waals surface area contributed by atoms with E-state index in [9.17, 15) is 135 Å². The van der Waals surface area contributed by atoms with E-state index in [4.69, 9.17) is 47.4 Å². The Bertz CT molecular complexity index is 2870. The number of aliphatic hydroxyl groups excluding tert-OH is 18. The average molecular weight is 1740 g/mol. The molecule has 8 amide bonds. The molecule has 0 radical (unpaired) electrons. The van der Waals surface area contributed by atoms with E-state index in [1.807, 2.05) is 13.8 Å². The Kier molecular flexibility index (Phi) is 51.2. The molecule has 5 rings (SSSR count). The smallest absolute Gasteiger partial charge is 0.237 e. The molecule has 120 heavy (non-hydrogen) atoms. The molecular formula is C73H132N10O37. The number of Topliss-reactive ketones (excluding diaryl/α,β-unsaturated/α-hetero) is 1. The topological polar surface area (TPSA) is 713 Å². The van der Waals surface area contributed by atoms with Crippen LogP contribution in [-0.4, -0.2) is 452 Å². The molecule has 5 saturated heterocycles. The largest absolute Gasteiger partial charge is 0.394 e. The summed E-state index contributed by atoms with van der Waals surface area (Å²) in [5.41, 5.74) is 0. The van der Waals surface area contributed by atoms with Crippen LogP contribution in [0.4, 0.5) is 0 Å². The van der Waals surface area contributed by atoms with Crippen LogP contribution in [0.15, 0.2) is 0 Å². The molecule has 5 aliphatic rings. The molecule has 5 fully saturated rings. The molecule has 0 saturated carbocycles. The number of hydrogen-bond donors (Lipinski definition) is 26. The number of hydrogen-bond acceptors (Lipinski definition) is 39. The van der Waals surface area contributed by atoms with Gasteiger partial charge in [-0.05, 0) is 66.2 Å². The molecule has 3 unspecified atom stereocenters. The molecule has 47 nitrogen and oxygen atoms in total. The number of unbranched alkanes of at least 4 members (excludes halogenated alkanes) is 5. The number of rotatable bonds is 54. The molecule has 5 aliphatic heterocycles. The molecule has 0 aliphatic carbocycles. The molecule has 696 valence electrons. The summed E-state index contributed by atoms with van der Waals surface area (Å²) >= 11 is 0. The van der Waals surface area contributed by atoms with E-state index >= 15 is 0 Å². The van der Waals surface area contributed by atoms with Crippen molar-refractivity contribution in [1.82, 2.24) is 52.3 Å².